The molecule has 0 spiro atoms. The third kappa shape index (κ3) is 4.13. The van der Waals surface area contributed by atoms with Crippen LogP contribution in [-0.4, -0.2) is 25.3 Å². The molecule has 2 heterocycles. The van der Waals surface area contributed by atoms with Crippen molar-refractivity contribution in [3.05, 3.63) is 123 Å². The smallest absolute Gasteiger partial charge is 0.337 e. The van der Waals surface area contributed by atoms with Crippen molar-refractivity contribution in [1.29, 1.82) is 0 Å². The second-order valence-corrected chi connectivity index (χ2v) is 7.74. The minimum Gasteiger partial charge on any atom is -0.492 e. The van der Waals surface area contributed by atoms with Gasteiger partial charge in [-0.15, -0.1) is 0 Å². The number of imidazole rings is 1. The van der Waals surface area contributed by atoms with Crippen LogP contribution in [0.2, 0.25) is 0 Å². The average Bonchev–Trinajstić information content (AvgIpc) is 3.28. The van der Waals surface area contributed by atoms with E-state index in [2.05, 4.69) is 4.98 Å². The standard InChI is InChI=1S/C26H21FN4O3/c27-20-11-13-21(14-12-20)31-24-23(25(32)30(26(31)33)17-19-7-3-1-4-8-19)29(18-28-24)15-16-34-22-9-5-2-6-10-22/h1-14,18H,15-17H2. The van der Waals surface area contributed by atoms with Gasteiger partial charge in [0, 0.05) is 0 Å². The second-order valence-electron chi connectivity index (χ2n) is 7.74. The summed E-state index contributed by atoms with van der Waals surface area (Å²) in [6, 6.07) is 24.2. The topological polar surface area (TPSA) is 71.1 Å². The Balaban J connectivity index is 1.62. The fourth-order valence-corrected chi connectivity index (χ4v) is 3.86. The van der Waals surface area contributed by atoms with Crippen molar-refractivity contribution < 1.29 is 9.13 Å². The number of para-hydroxylation sites is 1. The summed E-state index contributed by atoms with van der Waals surface area (Å²) in [6.45, 7) is 0.762. The summed E-state index contributed by atoms with van der Waals surface area (Å²) in [5, 5.41) is 0. The van der Waals surface area contributed by atoms with Crippen LogP contribution in [0.1, 0.15) is 5.56 Å². The molecule has 8 heteroatoms. The number of ether oxygens (including phenoxy) is 1. The highest BCUT2D eigenvalue weighted by Crippen LogP contribution is 2.15. The van der Waals surface area contributed by atoms with Crippen LogP contribution in [0.25, 0.3) is 16.9 Å². The minimum absolute atomic E-state index is 0.0985. The predicted molar refractivity (Wildman–Crippen MR) is 127 cm³/mol. The van der Waals surface area contributed by atoms with Gasteiger partial charge in [0.1, 0.15) is 18.2 Å². The van der Waals surface area contributed by atoms with Gasteiger partial charge in [0.05, 0.1) is 25.1 Å². The lowest BCUT2D eigenvalue weighted by atomic mass is 10.2. The van der Waals surface area contributed by atoms with E-state index < -0.39 is 17.1 Å². The zero-order valence-corrected chi connectivity index (χ0v) is 18.2. The molecule has 0 amide bonds. The van der Waals surface area contributed by atoms with Crippen molar-refractivity contribution in [1.82, 2.24) is 18.7 Å². The van der Waals surface area contributed by atoms with E-state index in [-0.39, 0.29) is 17.7 Å². The first kappa shape index (κ1) is 21.4. The van der Waals surface area contributed by atoms with Gasteiger partial charge < -0.3 is 9.30 Å². The molecule has 0 aliphatic rings. The largest absolute Gasteiger partial charge is 0.492 e. The maximum Gasteiger partial charge on any atom is 0.337 e. The Morgan fingerprint density at radius 3 is 2.24 bits per heavy atom. The van der Waals surface area contributed by atoms with E-state index in [1.54, 1.807) is 4.57 Å². The Morgan fingerprint density at radius 2 is 1.53 bits per heavy atom. The summed E-state index contributed by atoms with van der Waals surface area (Å²) < 4.78 is 23.5. The van der Waals surface area contributed by atoms with Crippen LogP contribution in [0, 0.1) is 5.82 Å². The van der Waals surface area contributed by atoms with Crippen LogP contribution >= 0.6 is 0 Å². The summed E-state index contributed by atoms with van der Waals surface area (Å²) in [5.41, 5.74) is 0.731. The Kier molecular flexibility index (Phi) is 5.78. The quantitative estimate of drug-likeness (QED) is 0.375. The molecule has 0 unspecified atom stereocenters. The van der Waals surface area contributed by atoms with Gasteiger partial charge in [0.25, 0.3) is 5.56 Å². The molecule has 5 aromatic rings. The van der Waals surface area contributed by atoms with Crippen LogP contribution in [0.5, 0.6) is 5.75 Å². The van der Waals surface area contributed by atoms with Crippen LogP contribution in [0.3, 0.4) is 0 Å². The van der Waals surface area contributed by atoms with Crippen LogP contribution in [0.4, 0.5) is 4.39 Å². The number of hydrogen-bond donors (Lipinski definition) is 0. The zero-order chi connectivity index (χ0) is 23.5. The fourth-order valence-electron chi connectivity index (χ4n) is 3.86. The van der Waals surface area contributed by atoms with E-state index in [1.807, 2.05) is 60.7 Å². The third-order valence-corrected chi connectivity index (χ3v) is 5.51. The monoisotopic (exact) mass is 456 g/mol. The summed E-state index contributed by atoms with van der Waals surface area (Å²) in [5.74, 6) is 0.297. The molecule has 2 aromatic heterocycles. The van der Waals surface area contributed by atoms with Crippen LogP contribution in [-0.2, 0) is 13.1 Å². The first-order chi connectivity index (χ1) is 16.6. The van der Waals surface area contributed by atoms with Gasteiger partial charge >= 0.3 is 5.69 Å². The van der Waals surface area contributed by atoms with Gasteiger partial charge in [-0.2, -0.15) is 0 Å². The highest BCUT2D eigenvalue weighted by Gasteiger charge is 2.19. The zero-order valence-electron chi connectivity index (χ0n) is 18.2. The first-order valence-corrected chi connectivity index (χ1v) is 10.8. The number of halogens is 1. The lowest BCUT2D eigenvalue weighted by Crippen LogP contribution is -2.40. The SMILES string of the molecule is O=c1c2c(ncn2CCOc2ccccc2)n(-c2ccc(F)cc2)c(=O)n1Cc1ccccc1. The van der Waals surface area contributed by atoms with Gasteiger partial charge in [-0.3, -0.25) is 9.36 Å². The lowest BCUT2D eigenvalue weighted by molar-refractivity contribution is 0.300. The number of aromatic nitrogens is 4. The van der Waals surface area contributed by atoms with Crippen LogP contribution < -0.4 is 16.0 Å². The molecule has 170 valence electrons. The maximum atomic E-state index is 13.6. The summed E-state index contributed by atoms with van der Waals surface area (Å²) in [6.07, 6.45) is 1.52. The molecule has 0 aliphatic heterocycles. The van der Waals surface area contributed by atoms with E-state index in [9.17, 15) is 14.0 Å². The average molecular weight is 456 g/mol. The molecule has 0 saturated heterocycles. The summed E-state index contributed by atoms with van der Waals surface area (Å²) >= 11 is 0. The van der Waals surface area contributed by atoms with Crippen molar-refractivity contribution >= 4 is 11.2 Å². The molecular formula is C26H21FN4O3. The third-order valence-electron chi connectivity index (χ3n) is 5.51. The summed E-state index contributed by atoms with van der Waals surface area (Å²) in [4.78, 5) is 31.3. The second kappa shape index (κ2) is 9.19. The molecule has 3 aromatic carbocycles. The van der Waals surface area contributed by atoms with E-state index in [4.69, 9.17) is 4.74 Å². The molecule has 5 rings (SSSR count). The highest BCUT2D eigenvalue weighted by molar-refractivity contribution is 5.72. The molecular weight excluding hydrogens is 435 g/mol. The van der Waals surface area contributed by atoms with Gasteiger partial charge in [0.2, 0.25) is 0 Å². The molecule has 0 aliphatic carbocycles. The molecule has 0 fully saturated rings. The highest BCUT2D eigenvalue weighted by atomic mass is 19.1. The number of hydrogen-bond acceptors (Lipinski definition) is 4. The van der Waals surface area contributed by atoms with E-state index in [0.717, 1.165) is 11.3 Å². The molecule has 7 nitrogen and oxygen atoms in total. The lowest BCUT2D eigenvalue weighted by Gasteiger charge is -2.13. The molecule has 0 N–H and O–H groups in total. The van der Waals surface area contributed by atoms with Crippen molar-refractivity contribution in [2.75, 3.05) is 6.61 Å². The van der Waals surface area contributed by atoms with E-state index >= 15 is 0 Å². The number of benzene rings is 3. The van der Waals surface area contributed by atoms with Gasteiger partial charge in [-0.1, -0.05) is 48.5 Å². The number of fused-ring (bicyclic) bond motifs is 1. The Labute approximate surface area is 193 Å². The fraction of sp³-hybridized carbons (Fsp3) is 0.115. The Morgan fingerprint density at radius 1 is 0.853 bits per heavy atom. The van der Waals surface area contributed by atoms with E-state index in [1.165, 1.54) is 39.7 Å². The Hall–Kier alpha value is -4.46. The molecule has 34 heavy (non-hydrogen) atoms. The van der Waals surface area contributed by atoms with Crippen molar-refractivity contribution in [3.63, 3.8) is 0 Å². The number of rotatable bonds is 7. The van der Waals surface area contributed by atoms with Crippen molar-refractivity contribution in [3.8, 4) is 11.4 Å². The number of nitrogens with zero attached hydrogens (tertiary/aromatic N) is 4. The van der Waals surface area contributed by atoms with E-state index in [0.29, 0.717) is 18.8 Å². The minimum atomic E-state index is -0.543. The summed E-state index contributed by atoms with van der Waals surface area (Å²) in [7, 11) is 0. The first-order valence-electron chi connectivity index (χ1n) is 10.8. The van der Waals surface area contributed by atoms with Gasteiger partial charge in [-0.05, 0) is 42.0 Å². The molecule has 0 radical (unpaired) electrons. The molecule has 0 bridgehead atoms. The molecule has 0 atom stereocenters. The molecule has 0 saturated carbocycles. The Bertz CT molecular complexity index is 1540. The maximum absolute atomic E-state index is 13.6. The predicted octanol–water partition coefficient (Wildman–Crippen LogP) is 3.62. The van der Waals surface area contributed by atoms with Gasteiger partial charge in [-0.25, -0.2) is 18.7 Å². The van der Waals surface area contributed by atoms with Gasteiger partial charge in [0.15, 0.2) is 11.2 Å². The normalized spacial score (nSPS) is 11.1. The van der Waals surface area contributed by atoms with Crippen molar-refractivity contribution in [2.45, 2.75) is 13.1 Å². The van der Waals surface area contributed by atoms with Crippen molar-refractivity contribution in [2.24, 2.45) is 0 Å². The van der Waals surface area contributed by atoms with Crippen LogP contribution in [0.15, 0.2) is 101 Å².